The molecule has 1 aromatic carbocycles. The Hall–Kier alpha value is -2.35. The van der Waals surface area contributed by atoms with Crippen LogP contribution in [-0.2, 0) is 23.9 Å². The number of alkyl halides is 3. The van der Waals surface area contributed by atoms with E-state index in [0.29, 0.717) is 5.69 Å². The quantitative estimate of drug-likeness (QED) is 0.879. The summed E-state index contributed by atoms with van der Waals surface area (Å²) in [7, 11) is 0. The van der Waals surface area contributed by atoms with E-state index < -0.39 is 24.4 Å². The highest BCUT2D eigenvalue weighted by Crippen LogP contribution is 2.31. The molecule has 8 heteroatoms. The van der Waals surface area contributed by atoms with Crippen molar-refractivity contribution < 1.29 is 23.1 Å². The minimum absolute atomic E-state index is 0.134. The molecule has 0 unspecified atom stereocenters. The molecule has 130 valence electrons. The second-order valence-corrected chi connectivity index (χ2v) is 5.49. The van der Waals surface area contributed by atoms with Gasteiger partial charge >= 0.3 is 6.18 Å². The minimum Gasteiger partial charge on any atom is -0.396 e. The molecule has 1 aromatic heterocycles. The number of aromatic nitrogens is 2. The molecule has 1 heterocycles. The van der Waals surface area contributed by atoms with Gasteiger partial charge < -0.3 is 10.4 Å². The smallest absolute Gasteiger partial charge is 0.396 e. The lowest BCUT2D eigenvalue weighted by molar-refractivity contribution is -0.142. The Balaban J connectivity index is 2.17. The van der Waals surface area contributed by atoms with Crippen molar-refractivity contribution in [3.8, 4) is 0 Å². The molecule has 0 bridgehead atoms. The van der Waals surface area contributed by atoms with Crippen LogP contribution in [0.4, 0.5) is 18.9 Å². The Morgan fingerprint density at radius 1 is 1.29 bits per heavy atom. The first-order valence-corrected chi connectivity index (χ1v) is 7.33. The van der Waals surface area contributed by atoms with Gasteiger partial charge in [0.2, 0.25) is 5.91 Å². The topological polar surface area (TPSA) is 67.2 Å². The number of anilines is 1. The van der Waals surface area contributed by atoms with Crippen LogP contribution in [0.25, 0.3) is 0 Å². The summed E-state index contributed by atoms with van der Waals surface area (Å²) in [5.74, 6) is -0.473. The first kappa shape index (κ1) is 18.0. The lowest BCUT2D eigenvalue weighted by Crippen LogP contribution is -2.20. The molecule has 2 rings (SSSR count). The van der Waals surface area contributed by atoms with Gasteiger partial charge in [-0.2, -0.15) is 18.3 Å². The van der Waals surface area contributed by atoms with Gasteiger partial charge in [-0.15, -0.1) is 0 Å². The van der Waals surface area contributed by atoms with Crippen molar-refractivity contribution in [3.05, 3.63) is 46.8 Å². The normalized spacial score (nSPS) is 11.6. The molecule has 2 N–H and O–H groups in total. The molecule has 0 atom stereocenters. The fraction of sp³-hybridized carbons (Fsp3) is 0.375. The monoisotopic (exact) mass is 341 g/mol. The van der Waals surface area contributed by atoms with Crippen LogP contribution in [-0.4, -0.2) is 27.4 Å². The van der Waals surface area contributed by atoms with Gasteiger partial charge in [0.1, 0.15) is 6.54 Å². The van der Waals surface area contributed by atoms with Crippen molar-refractivity contribution in [2.45, 2.75) is 33.0 Å². The molecule has 0 radical (unpaired) electrons. The van der Waals surface area contributed by atoms with Gasteiger partial charge in [0.15, 0.2) is 5.69 Å². The number of nitrogens with one attached hydrogen (secondary N) is 1. The Bertz CT molecular complexity index is 718. The number of benzene rings is 1. The number of carbonyl (C=O) groups excluding carboxylic acids is 1. The summed E-state index contributed by atoms with van der Waals surface area (Å²) >= 11 is 0. The highest BCUT2D eigenvalue weighted by molar-refractivity contribution is 5.92. The Morgan fingerprint density at radius 2 is 1.92 bits per heavy atom. The van der Waals surface area contributed by atoms with Gasteiger partial charge in [0, 0.05) is 24.1 Å². The molecule has 2 aromatic rings. The fourth-order valence-corrected chi connectivity index (χ4v) is 2.42. The number of aliphatic hydroxyl groups excluding tert-OH is 1. The number of carbonyl (C=O) groups is 1. The minimum atomic E-state index is -4.63. The molecule has 0 saturated heterocycles. The predicted molar refractivity (Wildman–Crippen MR) is 82.6 cm³/mol. The van der Waals surface area contributed by atoms with E-state index in [4.69, 9.17) is 5.11 Å². The van der Waals surface area contributed by atoms with Crippen LogP contribution < -0.4 is 5.32 Å². The average molecular weight is 341 g/mol. The summed E-state index contributed by atoms with van der Waals surface area (Å²) in [5.41, 5.74) is 1.16. The highest BCUT2D eigenvalue weighted by Gasteiger charge is 2.37. The van der Waals surface area contributed by atoms with E-state index >= 15 is 0 Å². The third-order valence-corrected chi connectivity index (χ3v) is 3.54. The number of aryl methyl sites for hydroxylation is 2. The van der Waals surface area contributed by atoms with Crippen LogP contribution in [0.2, 0.25) is 0 Å². The standard InChI is InChI=1S/C16H18F3N3O2/c1-10-4-3-5-11(2)14(10)20-13(24)9-22-8-12(6-7-23)15(21-22)16(17,18)19/h3-5,8,23H,6-7,9H2,1-2H3,(H,20,24). The van der Waals surface area contributed by atoms with Crippen molar-refractivity contribution in [2.24, 2.45) is 0 Å². The second-order valence-electron chi connectivity index (χ2n) is 5.49. The van der Waals surface area contributed by atoms with Crippen LogP contribution in [0.1, 0.15) is 22.4 Å². The number of hydrogen-bond acceptors (Lipinski definition) is 3. The number of hydrogen-bond donors (Lipinski definition) is 2. The predicted octanol–water partition coefficient (Wildman–Crippen LogP) is 2.69. The lowest BCUT2D eigenvalue weighted by atomic mass is 10.1. The van der Waals surface area contributed by atoms with Crippen molar-refractivity contribution in [1.29, 1.82) is 0 Å². The first-order chi connectivity index (χ1) is 11.2. The molecule has 0 aliphatic carbocycles. The maximum atomic E-state index is 12.9. The Kier molecular flexibility index (Phi) is 5.28. The summed E-state index contributed by atoms with van der Waals surface area (Å²) < 4.78 is 39.7. The molecule has 5 nitrogen and oxygen atoms in total. The lowest BCUT2D eigenvalue weighted by Gasteiger charge is -2.11. The van der Waals surface area contributed by atoms with Crippen molar-refractivity contribution in [2.75, 3.05) is 11.9 Å². The van der Waals surface area contributed by atoms with Crippen molar-refractivity contribution >= 4 is 11.6 Å². The summed E-state index contributed by atoms with van der Waals surface area (Å²) in [6, 6.07) is 5.51. The van der Waals surface area contributed by atoms with Crippen LogP contribution in [0, 0.1) is 13.8 Å². The number of amides is 1. The third-order valence-electron chi connectivity index (χ3n) is 3.54. The van der Waals surface area contributed by atoms with E-state index in [-0.39, 0.29) is 18.5 Å². The summed E-state index contributed by atoms with van der Waals surface area (Å²) in [4.78, 5) is 12.1. The number of halogens is 3. The summed E-state index contributed by atoms with van der Waals surface area (Å²) in [5, 5.41) is 15.0. The van der Waals surface area contributed by atoms with E-state index in [9.17, 15) is 18.0 Å². The van der Waals surface area contributed by atoms with Crippen LogP contribution >= 0.6 is 0 Å². The van der Waals surface area contributed by atoms with Gasteiger partial charge in [-0.3, -0.25) is 9.48 Å². The molecule has 0 saturated carbocycles. The van der Waals surface area contributed by atoms with E-state index in [0.717, 1.165) is 22.0 Å². The maximum absolute atomic E-state index is 12.9. The molecular formula is C16H18F3N3O2. The van der Waals surface area contributed by atoms with E-state index in [1.165, 1.54) is 0 Å². The maximum Gasteiger partial charge on any atom is 0.435 e. The molecule has 0 spiro atoms. The Morgan fingerprint density at radius 3 is 2.46 bits per heavy atom. The van der Waals surface area contributed by atoms with Gasteiger partial charge in [0.05, 0.1) is 0 Å². The van der Waals surface area contributed by atoms with Crippen LogP contribution in [0.15, 0.2) is 24.4 Å². The average Bonchev–Trinajstić information content (AvgIpc) is 2.86. The number of rotatable bonds is 5. The molecule has 24 heavy (non-hydrogen) atoms. The number of para-hydroxylation sites is 1. The van der Waals surface area contributed by atoms with E-state index in [1.54, 1.807) is 0 Å². The first-order valence-electron chi connectivity index (χ1n) is 7.33. The zero-order chi connectivity index (χ0) is 17.9. The molecule has 0 fully saturated rings. The largest absolute Gasteiger partial charge is 0.435 e. The van der Waals surface area contributed by atoms with Gasteiger partial charge in [-0.05, 0) is 31.4 Å². The molecular weight excluding hydrogens is 323 g/mol. The molecule has 1 amide bonds. The molecule has 0 aliphatic rings. The van der Waals surface area contributed by atoms with Gasteiger partial charge in [-0.1, -0.05) is 18.2 Å². The van der Waals surface area contributed by atoms with Crippen molar-refractivity contribution in [3.63, 3.8) is 0 Å². The number of nitrogens with zero attached hydrogens (tertiary/aromatic N) is 2. The van der Waals surface area contributed by atoms with E-state index in [1.807, 2.05) is 32.0 Å². The Labute approximate surface area is 137 Å². The van der Waals surface area contributed by atoms with Crippen LogP contribution in [0.3, 0.4) is 0 Å². The van der Waals surface area contributed by atoms with Crippen molar-refractivity contribution in [1.82, 2.24) is 9.78 Å². The van der Waals surface area contributed by atoms with Gasteiger partial charge in [-0.25, -0.2) is 0 Å². The van der Waals surface area contributed by atoms with E-state index in [2.05, 4.69) is 10.4 Å². The zero-order valence-corrected chi connectivity index (χ0v) is 13.3. The fourth-order valence-electron chi connectivity index (χ4n) is 2.42. The van der Waals surface area contributed by atoms with Crippen LogP contribution in [0.5, 0.6) is 0 Å². The zero-order valence-electron chi connectivity index (χ0n) is 13.3. The molecule has 0 aliphatic heterocycles. The third kappa shape index (κ3) is 4.14. The van der Waals surface area contributed by atoms with Gasteiger partial charge in [0.25, 0.3) is 0 Å². The second kappa shape index (κ2) is 7.04. The number of aliphatic hydroxyl groups is 1. The SMILES string of the molecule is Cc1cccc(C)c1NC(=O)Cn1cc(CCO)c(C(F)(F)F)n1. The highest BCUT2D eigenvalue weighted by atomic mass is 19.4. The summed E-state index contributed by atoms with van der Waals surface area (Å²) in [6.07, 6.45) is -3.66. The summed E-state index contributed by atoms with van der Waals surface area (Å²) in [6.45, 7) is 2.89.